The van der Waals surface area contributed by atoms with Crippen LogP contribution in [-0.2, 0) is 7.05 Å². The first-order chi connectivity index (χ1) is 11.3. The molecule has 1 heterocycles. The van der Waals surface area contributed by atoms with Gasteiger partial charge in [-0.25, -0.2) is 0 Å². The van der Waals surface area contributed by atoms with E-state index in [0.29, 0.717) is 17.0 Å². The molecular weight excluding hydrogens is 310 g/mol. The van der Waals surface area contributed by atoms with Gasteiger partial charge in [-0.1, -0.05) is 0 Å². The Kier molecular flexibility index (Phi) is 5.03. The topological polar surface area (TPSA) is 80.6 Å². The maximum absolute atomic E-state index is 12.3. The summed E-state index contributed by atoms with van der Waals surface area (Å²) in [7, 11) is 6.29. The van der Waals surface area contributed by atoms with Gasteiger partial charge in [-0.2, -0.15) is 0 Å². The lowest BCUT2D eigenvalue weighted by molar-refractivity contribution is 0.0824. The number of aryl methyl sites for hydroxylation is 1. The van der Waals surface area contributed by atoms with Gasteiger partial charge in [-0.15, -0.1) is 0 Å². The van der Waals surface area contributed by atoms with E-state index < -0.39 is 11.5 Å². The quantitative estimate of drug-likeness (QED) is 0.918. The molecule has 2 rings (SSSR count). The van der Waals surface area contributed by atoms with Crippen LogP contribution in [0.4, 0.5) is 5.69 Å². The number of amides is 2. The van der Waals surface area contributed by atoms with Crippen LogP contribution in [0, 0.1) is 0 Å². The third-order valence-corrected chi connectivity index (χ3v) is 3.46. The SMILES string of the molecule is COc1ccc(NC(=O)c2cccn(C)c2=O)cc1C(=O)N(C)C. The molecule has 0 radical (unpaired) electrons. The Bertz CT molecular complexity index is 840. The summed E-state index contributed by atoms with van der Waals surface area (Å²) in [6, 6.07) is 7.79. The fraction of sp³-hybridized carbons (Fsp3) is 0.235. The Hall–Kier alpha value is -3.09. The maximum atomic E-state index is 12.3. The predicted octanol–water partition coefficient (Wildman–Crippen LogP) is 1.35. The number of hydrogen-bond acceptors (Lipinski definition) is 4. The van der Waals surface area contributed by atoms with Gasteiger partial charge in [0.1, 0.15) is 11.3 Å². The van der Waals surface area contributed by atoms with Crippen molar-refractivity contribution >= 4 is 17.5 Å². The fourth-order valence-electron chi connectivity index (χ4n) is 2.16. The molecule has 24 heavy (non-hydrogen) atoms. The molecule has 7 heteroatoms. The predicted molar refractivity (Wildman–Crippen MR) is 90.6 cm³/mol. The minimum Gasteiger partial charge on any atom is -0.496 e. The molecule has 0 aliphatic carbocycles. The zero-order valence-electron chi connectivity index (χ0n) is 14.0. The average Bonchev–Trinajstić information content (AvgIpc) is 2.56. The van der Waals surface area contributed by atoms with Crippen molar-refractivity contribution in [2.75, 3.05) is 26.5 Å². The highest BCUT2D eigenvalue weighted by Crippen LogP contribution is 2.24. The first-order valence-electron chi connectivity index (χ1n) is 7.22. The summed E-state index contributed by atoms with van der Waals surface area (Å²) in [5, 5.41) is 2.63. The standard InChI is InChI=1S/C17H19N3O4/c1-19(2)16(22)13-10-11(7-8-14(13)24-4)18-15(21)12-6-5-9-20(3)17(12)23/h5-10H,1-4H3,(H,18,21). The number of carbonyl (C=O) groups excluding carboxylic acids is 2. The summed E-state index contributed by atoms with van der Waals surface area (Å²) in [5.41, 5.74) is 0.350. The van der Waals surface area contributed by atoms with Gasteiger partial charge in [0.05, 0.1) is 12.7 Å². The number of hydrogen-bond donors (Lipinski definition) is 1. The van der Waals surface area contributed by atoms with Crippen LogP contribution in [0.15, 0.2) is 41.3 Å². The number of benzene rings is 1. The number of nitrogens with zero attached hydrogens (tertiary/aromatic N) is 2. The van der Waals surface area contributed by atoms with Crippen LogP contribution >= 0.6 is 0 Å². The van der Waals surface area contributed by atoms with E-state index in [2.05, 4.69) is 5.32 Å². The zero-order valence-corrected chi connectivity index (χ0v) is 14.0. The third kappa shape index (κ3) is 3.45. The number of anilines is 1. The number of nitrogens with one attached hydrogen (secondary N) is 1. The molecule has 0 aliphatic heterocycles. The Morgan fingerprint density at radius 1 is 1.17 bits per heavy atom. The molecule has 2 amide bonds. The van der Waals surface area contributed by atoms with E-state index in [1.807, 2.05) is 0 Å². The first-order valence-corrected chi connectivity index (χ1v) is 7.22. The van der Waals surface area contributed by atoms with Crippen molar-refractivity contribution in [1.82, 2.24) is 9.47 Å². The number of methoxy groups -OCH3 is 1. The molecule has 0 bridgehead atoms. The number of rotatable bonds is 4. The van der Waals surface area contributed by atoms with Gasteiger partial charge in [-0.3, -0.25) is 14.4 Å². The van der Waals surface area contributed by atoms with Crippen LogP contribution in [0.1, 0.15) is 20.7 Å². The lowest BCUT2D eigenvalue weighted by Crippen LogP contribution is -2.27. The van der Waals surface area contributed by atoms with Gasteiger partial charge in [-0.05, 0) is 30.3 Å². The zero-order chi connectivity index (χ0) is 17.9. The average molecular weight is 329 g/mol. The summed E-state index contributed by atoms with van der Waals surface area (Å²) in [4.78, 5) is 37.9. The van der Waals surface area contributed by atoms with E-state index in [1.165, 1.54) is 28.7 Å². The van der Waals surface area contributed by atoms with Crippen molar-refractivity contribution in [2.24, 2.45) is 7.05 Å². The molecule has 126 valence electrons. The molecule has 0 spiro atoms. The Morgan fingerprint density at radius 2 is 1.88 bits per heavy atom. The largest absolute Gasteiger partial charge is 0.496 e. The van der Waals surface area contributed by atoms with Crippen molar-refractivity contribution < 1.29 is 14.3 Å². The Labute approximate surface area is 139 Å². The number of ether oxygens (including phenoxy) is 1. The van der Waals surface area contributed by atoms with Gasteiger partial charge in [0.15, 0.2) is 0 Å². The second-order valence-electron chi connectivity index (χ2n) is 5.41. The van der Waals surface area contributed by atoms with E-state index in [-0.39, 0.29) is 11.5 Å². The van der Waals surface area contributed by atoms with Gasteiger partial charge < -0.3 is 19.5 Å². The van der Waals surface area contributed by atoms with Crippen molar-refractivity contribution in [1.29, 1.82) is 0 Å². The van der Waals surface area contributed by atoms with E-state index in [4.69, 9.17) is 4.74 Å². The molecule has 1 aromatic carbocycles. The third-order valence-electron chi connectivity index (χ3n) is 3.46. The van der Waals surface area contributed by atoms with Crippen LogP contribution in [0.5, 0.6) is 5.75 Å². The number of carbonyl (C=O) groups is 2. The lowest BCUT2D eigenvalue weighted by atomic mass is 10.1. The van der Waals surface area contributed by atoms with Crippen molar-refractivity contribution in [3.63, 3.8) is 0 Å². The van der Waals surface area contributed by atoms with Gasteiger partial charge >= 0.3 is 0 Å². The smallest absolute Gasteiger partial charge is 0.263 e. The van der Waals surface area contributed by atoms with Crippen molar-refractivity contribution in [2.45, 2.75) is 0 Å². The fourth-order valence-corrected chi connectivity index (χ4v) is 2.16. The minimum atomic E-state index is -0.537. The Morgan fingerprint density at radius 3 is 2.50 bits per heavy atom. The van der Waals surface area contributed by atoms with E-state index in [9.17, 15) is 14.4 Å². The second kappa shape index (κ2) is 6.99. The number of pyridine rings is 1. The molecule has 1 aromatic heterocycles. The van der Waals surface area contributed by atoms with Crippen LogP contribution in [-0.4, -0.2) is 42.5 Å². The molecule has 1 N–H and O–H groups in total. The lowest BCUT2D eigenvalue weighted by Gasteiger charge is -2.15. The molecule has 0 saturated carbocycles. The van der Waals surface area contributed by atoms with Gasteiger partial charge in [0, 0.05) is 33.0 Å². The summed E-state index contributed by atoms with van der Waals surface area (Å²) in [6.45, 7) is 0. The molecular formula is C17H19N3O4. The van der Waals surface area contributed by atoms with E-state index >= 15 is 0 Å². The van der Waals surface area contributed by atoms with E-state index in [1.54, 1.807) is 45.5 Å². The summed E-state index contributed by atoms with van der Waals surface area (Å²) < 4.78 is 6.51. The van der Waals surface area contributed by atoms with Crippen molar-refractivity contribution in [3.05, 3.63) is 58.0 Å². The monoisotopic (exact) mass is 329 g/mol. The second-order valence-corrected chi connectivity index (χ2v) is 5.41. The van der Waals surface area contributed by atoms with Crippen LogP contribution in [0.3, 0.4) is 0 Å². The van der Waals surface area contributed by atoms with Crippen molar-refractivity contribution in [3.8, 4) is 5.75 Å². The molecule has 2 aromatic rings. The summed E-state index contributed by atoms with van der Waals surface area (Å²) in [5.74, 6) is -0.384. The van der Waals surface area contributed by atoms with Gasteiger partial charge in [0.25, 0.3) is 17.4 Å². The highest BCUT2D eigenvalue weighted by atomic mass is 16.5. The van der Waals surface area contributed by atoms with Crippen LogP contribution in [0.25, 0.3) is 0 Å². The highest BCUT2D eigenvalue weighted by molar-refractivity contribution is 6.05. The molecule has 0 atom stereocenters. The first kappa shape index (κ1) is 17.3. The maximum Gasteiger partial charge on any atom is 0.263 e. The normalized spacial score (nSPS) is 10.2. The van der Waals surface area contributed by atoms with E-state index in [0.717, 1.165) is 0 Å². The molecule has 0 unspecified atom stereocenters. The summed E-state index contributed by atoms with van der Waals surface area (Å²) in [6.07, 6.45) is 1.57. The van der Waals surface area contributed by atoms with Gasteiger partial charge in [0.2, 0.25) is 0 Å². The molecule has 0 saturated heterocycles. The number of aromatic nitrogens is 1. The highest BCUT2D eigenvalue weighted by Gasteiger charge is 2.17. The molecule has 7 nitrogen and oxygen atoms in total. The summed E-state index contributed by atoms with van der Waals surface area (Å²) >= 11 is 0. The Balaban J connectivity index is 2.35. The molecule has 0 fully saturated rings. The minimum absolute atomic E-state index is 0.0244. The van der Waals surface area contributed by atoms with Crippen LogP contribution < -0.4 is 15.6 Å². The molecule has 0 aliphatic rings. The van der Waals surface area contributed by atoms with Crippen LogP contribution in [0.2, 0.25) is 0 Å².